The van der Waals surface area contributed by atoms with Gasteiger partial charge in [0.05, 0.1) is 11.0 Å². The Morgan fingerprint density at radius 3 is 1.98 bits per heavy atom. The number of aryl methyl sites for hydroxylation is 1. The summed E-state index contributed by atoms with van der Waals surface area (Å²) in [7, 11) is -1.75. The summed E-state index contributed by atoms with van der Waals surface area (Å²) in [5.74, 6) is 1.05. The minimum atomic E-state index is -1.75. The topological polar surface area (TPSA) is 17.8 Å². The monoisotopic (exact) mass is 534 g/mol. The van der Waals surface area contributed by atoms with Gasteiger partial charge in [-0.05, 0) is 87.1 Å². The van der Waals surface area contributed by atoms with Gasteiger partial charge in [0.1, 0.15) is 5.82 Å². The van der Waals surface area contributed by atoms with Crippen molar-refractivity contribution in [2.45, 2.75) is 52.7 Å². The number of aromatic nitrogens is 2. The maximum atomic E-state index is 5.16. The Morgan fingerprint density at radius 2 is 1.30 bits per heavy atom. The highest BCUT2D eigenvalue weighted by Crippen LogP contribution is 2.73. The third-order valence-corrected chi connectivity index (χ3v) is 12.8. The average molecular weight is 535 g/mol. The van der Waals surface area contributed by atoms with Crippen LogP contribution in [-0.4, -0.2) is 16.3 Å². The smallest absolute Gasteiger partial charge is 0.249 e. The van der Waals surface area contributed by atoms with E-state index in [1.165, 1.54) is 52.7 Å². The molecule has 0 unspecified atom stereocenters. The Morgan fingerprint density at radius 1 is 0.675 bits per heavy atom. The van der Waals surface area contributed by atoms with Gasteiger partial charge in [-0.15, -0.1) is 10.0 Å². The van der Waals surface area contributed by atoms with Crippen LogP contribution in [0, 0.1) is 6.92 Å². The van der Waals surface area contributed by atoms with E-state index in [9.17, 15) is 0 Å². The first-order valence-corrected chi connectivity index (χ1v) is 15.7. The molecule has 40 heavy (non-hydrogen) atoms. The zero-order valence-corrected chi connectivity index (χ0v) is 24.2. The molecule has 0 radical (unpaired) electrons. The zero-order chi connectivity index (χ0) is 27.2. The van der Waals surface area contributed by atoms with Crippen molar-refractivity contribution in [1.29, 1.82) is 0 Å². The number of imidazole rings is 1. The van der Waals surface area contributed by atoms with Crippen LogP contribution >= 0.6 is 10.0 Å². The molecule has 194 valence electrons. The second-order valence-corrected chi connectivity index (χ2v) is 15.1. The molecule has 2 aliphatic heterocycles. The summed E-state index contributed by atoms with van der Waals surface area (Å²) < 4.78 is 2.43. The molecule has 0 aliphatic carbocycles. The summed E-state index contributed by atoms with van der Waals surface area (Å²) in [6.45, 7) is 9.24. The Kier molecular flexibility index (Phi) is 4.92. The number of fused-ring (bicyclic) bond motifs is 4. The SMILES string of the molecule is Cc1nc2cc(C(C)(C)C)cc3c2n1-c1cccc2c1B3c1ccccc1S2(c1ccccc1)c1ccccc1. The van der Waals surface area contributed by atoms with Crippen LogP contribution in [0.25, 0.3) is 16.7 Å². The van der Waals surface area contributed by atoms with Crippen LogP contribution in [0.4, 0.5) is 0 Å². The molecule has 4 heteroatoms. The first-order valence-electron chi connectivity index (χ1n) is 14.1. The molecule has 5 aromatic carbocycles. The predicted molar refractivity (Wildman–Crippen MR) is 169 cm³/mol. The number of benzene rings is 5. The molecule has 2 aliphatic rings. The van der Waals surface area contributed by atoms with E-state index in [2.05, 4.69) is 148 Å². The summed E-state index contributed by atoms with van der Waals surface area (Å²) in [4.78, 5) is 10.8. The van der Waals surface area contributed by atoms with E-state index in [4.69, 9.17) is 4.98 Å². The maximum absolute atomic E-state index is 5.16. The van der Waals surface area contributed by atoms with E-state index in [1.54, 1.807) is 0 Å². The van der Waals surface area contributed by atoms with Gasteiger partial charge in [0, 0.05) is 15.5 Å². The van der Waals surface area contributed by atoms with Crippen molar-refractivity contribution in [3.8, 4) is 5.69 Å². The Balaban J connectivity index is 1.59. The zero-order valence-electron chi connectivity index (χ0n) is 23.3. The molecule has 8 rings (SSSR count). The molecule has 6 aromatic rings. The summed E-state index contributed by atoms with van der Waals surface area (Å²) in [6.07, 6.45) is 0. The molecule has 1 aromatic heterocycles. The largest absolute Gasteiger partial charge is 0.298 e. The summed E-state index contributed by atoms with van der Waals surface area (Å²) in [5, 5.41) is 0. The summed E-state index contributed by atoms with van der Waals surface area (Å²) in [5.41, 5.74) is 9.24. The van der Waals surface area contributed by atoms with Gasteiger partial charge < -0.3 is 0 Å². The second-order valence-electron chi connectivity index (χ2n) is 12.1. The van der Waals surface area contributed by atoms with Gasteiger partial charge in [-0.2, -0.15) is 0 Å². The maximum Gasteiger partial charge on any atom is 0.249 e. The number of hydrogen-bond donors (Lipinski definition) is 0. The fraction of sp³-hybridized carbons (Fsp3) is 0.139. The number of rotatable bonds is 2. The predicted octanol–water partition coefficient (Wildman–Crippen LogP) is 7.12. The van der Waals surface area contributed by atoms with E-state index in [-0.39, 0.29) is 12.1 Å². The van der Waals surface area contributed by atoms with Crippen molar-refractivity contribution in [2.75, 3.05) is 0 Å². The highest BCUT2D eigenvalue weighted by Gasteiger charge is 2.48. The fourth-order valence-corrected chi connectivity index (χ4v) is 11.4. The Labute approximate surface area is 238 Å². The summed E-state index contributed by atoms with van der Waals surface area (Å²) >= 11 is 0. The van der Waals surface area contributed by atoms with Crippen LogP contribution in [-0.2, 0) is 5.41 Å². The quantitative estimate of drug-likeness (QED) is 0.216. The highest BCUT2D eigenvalue weighted by atomic mass is 32.3. The van der Waals surface area contributed by atoms with Gasteiger partial charge in [-0.25, -0.2) is 4.98 Å². The number of hydrogen-bond acceptors (Lipinski definition) is 1. The lowest BCUT2D eigenvalue weighted by Gasteiger charge is -2.49. The van der Waals surface area contributed by atoms with E-state index in [1.807, 2.05) is 0 Å². The van der Waals surface area contributed by atoms with Crippen LogP contribution < -0.4 is 16.4 Å². The molecule has 0 saturated carbocycles. The van der Waals surface area contributed by atoms with Gasteiger partial charge >= 0.3 is 0 Å². The molecule has 0 fully saturated rings. The number of nitrogens with zero attached hydrogens (tertiary/aromatic N) is 2. The van der Waals surface area contributed by atoms with Gasteiger partial charge in [0.2, 0.25) is 6.71 Å². The lowest BCUT2D eigenvalue weighted by atomic mass is 9.35. The van der Waals surface area contributed by atoms with Crippen LogP contribution in [0.1, 0.15) is 32.2 Å². The van der Waals surface area contributed by atoms with Crippen LogP contribution in [0.3, 0.4) is 0 Å². The van der Waals surface area contributed by atoms with Crippen LogP contribution in [0.5, 0.6) is 0 Å². The molecule has 0 N–H and O–H groups in total. The normalized spacial score (nSPS) is 15.4. The molecule has 0 bridgehead atoms. The molecule has 2 nitrogen and oxygen atoms in total. The van der Waals surface area contributed by atoms with Gasteiger partial charge in [0.15, 0.2) is 0 Å². The van der Waals surface area contributed by atoms with Crippen molar-refractivity contribution < 1.29 is 0 Å². The Hall–Kier alpha value is -4.02. The molecule has 0 saturated heterocycles. The van der Waals surface area contributed by atoms with E-state index < -0.39 is 10.0 Å². The standard InChI is InChI=1S/C36H31BN2S/c1-24-38-30-23-25(36(2,3)4)22-29-35(30)39(24)31-19-13-21-33-34(31)37(29)28-18-11-12-20-32(28)40(33,26-14-7-5-8-15-26)27-16-9-6-10-17-27/h5-23H,1-4H3. The van der Waals surface area contributed by atoms with Gasteiger partial charge in [-0.3, -0.25) is 4.57 Å². The lowest BCUT2D eigenvalue weighted by molar-refractivity contribution is 0.591. The van der Waals surface area contributed by atoms with Crippen molar-refractivity contribution in [2.24, 2.45) is 0 Å². The van der Waals surface area contributed by atoms with Crippen LogP contribution in [0.2, 0.25) is 0 Å². The molecule has 0 spiro atoms. The second kappa shape index (κ2) is 8.25. The third kappa shape index (κ3) is 3.00. The van der Waals surface area contributed by atoms with Crippen molar-refractivity contribution in [3.05, 3.63) is 127 Å². The lowest BCUT2D eigenvalue weighted by Crippen LogP contribution is -2.60. The Bertz CT molecular complexity index is 1910. The fourth-order valence-electron chi connectivity index (χ4n) is 7.08. The molecule has 3 heterocycles. The van der Waals surface area contributed by atoms with Crippen molar-refractivity contribution in [3.63, 3.8) is 0 Å². The highest BCUT2D eigenvalue weighted by molar-refractivity contribution is 8.34. The minimum Gasteiger partial charge on any atom is -0.298 e. The first-order chi connectivity index (χ1) is 19.4. The molecular weight excluding hydrogens is 503 g/mol. The van der Waals surface area contributed by atoms with Crippen molar-refractivity contribution >= 4 is 44.2 Å². The van der Waals surface area contributed by atoms with Crippen molar-refractivity contribution in [1.82, 2.24) is 9.55 Å². The van der Waals surface area contributed by atoms with Crippen LogP contribution in [0.15, 0.2) is 135 Å². The van der Waals surface area contributed by atoms with E-state index in [0.717, 1.165) is 11.3 Å². The summed E-state index contributed by atoms with van der Waals surface area (Å²) in [6, 6.07) is 43.5. The van der Waals surface area contributed by atoms with Gasteiger partial charge in [-0.1, -0.05) is 93.0 Å². The minimum absolute atomic E-state index is 0.0272. The average Bonchev–Trinajstić information content (AvgIpc) is 3.31. The van der Waals surface area contributed by atoms with E-state index in [0.29, 0.717) is 0 Å². The first kappa shape index (κ1) is 23.8. The third-order valence-electron chi connectivity index (χ3n) is 8.78. The molecular formula is C36H31BN2S. The molecule has 0 amide bonds. The molecule has 0 atom stereocenters. The van der Waals surface area contributed by atoms with E-state index >= 15 is 0 Å². The van der Waals surface area contributed by atoms with Gasteiger partial charge in [0.25, 0.3) is 0 Å².